The summed E-state index contributed by atoms with van der Waals surface area (Å²) in [4.78, 5) is 24.4. The summed E-state index contributed by atoms with van der Waals surface area (Å²) >= 11 is 0. The third kappa shape index (κ3) is 44.6. The summed E-state index contributed by atoms with van der Waals surface area (Å²) in [5.74, 6) is -0.618. The predicted octanol–water partition coefficient (Wildman–Crippen LogP) is 15.7. The van der Waals surface area contributed by atoms with Crippen LogP contribution < -0.4 is 0 Å². The molecule has 0 fully saturated rings. The van der Waals surface area contributed by atoms with E-state index in [0.717, 1.165) is 64.2 Å². The van der Waals surface area contributed by atoms with Crippen LogP contribution in [0.5, 0.6) is 0 Å². The standard InChI is InChI=1S/C51H92O5/c1-3-5-7-9-11-13-15-17-19-21-23-24-25-26-28-30-32-34-36-38-40-42-44-46-51(54)56-49(47-52)48-55-50(53)45-43-41-39-37-35-33-31-29-27-22-20-18-16-14-12-10-8-6-4-2/h12,14,18,20,27,29,33,35,49,52H,3-11,13,15-17,19,21-26,28,30-32,34,36-48H2,1-2H3/b14-12+,20-18+,29-27+,35-33+/t49-/m0/s1. The zero-order valence-corrected chi connectivity index (χ0v) is 37.1. The summed E-state index contributed by atoms with van der Waals surface area (Å²) in [6.45, 7) is 4.11. The first kappa shape index (κ1) is 53.9. The van der Waals surface area contributed by atoms with Gasteiger partial charge in [-0.1, -0.05) is 223 Å². The predicted molar refractivity (Wildman–Crippen MR) is 242 cm³/mol. The van der Waals surface area contributed by atoms with Crippen molar-refractivity contribution in [3.05, 3.63) is 48.6 Å². The first-order chi connectivity index (χ1) is 27.6. The van der Waals surface area contributed by atoms with E-state index in [4.69, 9.17) is 9.47 Å². The van der Waals surface area contributed by atoms with Gasteiger partial charge < -0.3 is 14.6 Å². The van der Waals surface area contributed by atoms with Crippen molar-refractivity contribution in [1.29, 1.82) is 0 Å². The van der Waals surface area contributed by atoms with Crippen LogP contribution in [0.25, 0.3) is 0 Å². The smallest absolute Gasteiger partial charge is 0.306 e. The summed E-state index contributed by atoms with van der Waals surface area (Å²) in [6, 6.07) is 0. The van der Waals surface area contributed by atoms with Crippen molar-refractivity contribution in [3.63, 3.8) is 0 Å². The molecule has 56 heavy (non-hydrogen) atoms. The monoisotopic (exact) mass is 785 g/mol. The van der Waals surface area contributed by atoms with E-state index < -0.39 is 6.10 Å². The highest BCUT2D eigenvalue weighted by atomic mass is 16.6. The molecule has 0 rings (SSSR count). The second-order valence-corrected chi connectivity index (χ2v) is 16.2. The lowest BCUT2D eigenvalue weighted by molar-refractivity contribution is -0.161. The van der Waals surface area contributed by atoms with Crippen LogP contribution in [0.15, 0.2) is 48.6 Å². The van der Waals surface area contributed by atoms with Crippen molar-refractivity contribution in [2.75, 3.05) is 13.2 Å². The van der Waals surface area contributed by atoms with Gasteiger partial charge in [-0.25, -0.2) is 0 Å². The Morgan fingerprint density at radius 1 is 0.411 bits per heavy atom. The second-order valence-electron chi connectivity index (χ2n) is 16.2. The molecule has 0 amide bonds. The van der Waals surface area contributed by atoms with E-state index >= 15 is 0 Å². The number of carbonyl (C=O) groups is 2. The van der Waals surface area contributed by atoms with E-state index in [1.54, 1.807) is 0 Å². The maximum atomic E-state index is 12.2. The molecule has 0 bridgehead atoms. The molecule has 0 aromatic rings. The highest BCUT2D eigenvalue weighted by Crippen LogP contribution is 2.16. The highest BCUT2D eigenvalue weighted by molar-refractivity contribution is 5.70. The molecule has 0 aromatic heterocycles. The Bertz CT molecular complexity index is 935. The van der Waals surface area contributed by atoms with E-state index in [1.165, 1.54) is 154 Å². The molecule has 0 aromatic carbocycles. The number of hydrogen-bond donors (Lipinski definition) is 1. The van der Waals surface area contributed by atoms with Crippen LogP contribution in [0.4, 0.5) is 0 Å². The van der Waals surface area contributed by atoms with Gasteiger partial charge in [0.15, 0.2) is 6.10 Å². The number of hydrogen-bond acceptors (Lipinski definition) is 5. The lowest BCUT2D eigenvalue weighted by Gasteiger charge is -2.15. The van der Waals surface area contributed by atoms with Crippen LogP contribution in [0.2, 0.25) is 0 Å². The average Bonchev–Trinajstić information content (AvgIpc) is 3.20. The summed E-state index contributed by atoms with van der Waals surface area (Å²) in [7, 11) is 0. The Hall–Kier alpha value is -2.14. The molecule has 5 heteroatoms. The topological polar surface area (TPSA) is 72.8 Å². The van der Waals surface area contributed by atoms with Crippen LogP contribution in [0.3, 0.4) is 0 Å². The van der Waals surface area contributed by atoms with Gasteiger partial charge in [0.1, 0.15) is 6.61 Å². The van der Waals surface area contributed by atoms with Gasteiger partial charge in [0, 0.05) is 12.8 Å². The number of allylic oxidation sites excluding steroid dienone is 8. The van der Waals surface area contributed by atoms with Gasteiger partial charge >= 0.3 is 11.9 Å². The SMILES string of the molecule is CCCCC/C=C/C/C=C/C/C=C/C/C=C/CCCCCC(=O)OC[C@H](CO)OC(=O)CCCCCCCCCCCCCCCCCCCCCCCCC. The minimum Gasteiger partial charge on any atom is -0.462 e. The summed E-state index contributed by atoms with van der Waals surface area (Å²) in [6.07, 6.45) is 60.5. The maximum absolute atomic E-state index is 12.2. The van der Waals surface area contributed by atoms with Gasteiger partial charge in [0.05, 0.1) is 6.61 Å². The average molecular weight is 785 g/mol. The first-order valence-electron chi connectivity index (χ1n) is 24.2. The zero-order valence-electron chi connectivity index (χ0n) is 37.1. The molecular weight excluding hydrogens is 693 g/mol. The van der Waals surface area contributed by atoms with Gasteiger partial charge in [-0.05, 0) is 57.8 Å². The lowest BCUT2D eigenvalue weighted by Crippen LogP contribution is -2.28. The van der Waals surface area contributed by atoms with Crippen LogP contribution in [0, 0.1) is 0 Å². The summed E-state index contributed by atoms with van der Waals surface area (Å²) < 4.78 is 10.6. The Balaban J connectivity index is 3.53. The maximum Gasteiger partial charge on any atom is 0.306 e. The Morgan fingerprint density at radius 3 is 1.11 bits per heavy atom. The Kier molecular flexibility index (Phi) is 45.4. The molecule has 0 aliphatic rings. The molecule has 0 saturated heterocycles. The van der Waals surface area contributed by atoms with Gasteiger partial charge in [0.25, 0.3) is 0 Å². The molecular formula is C51H92O5. The van der Waals surface area contributed by atoms with E-state index in [2.05, 4.69) is 62.5 Å². The van der Waals surface area contributed by atoms with Crippen molar-refractivity contribution in [1.82, 2.24) is 0 Å². The van der Waals surface area contributed by atoms with Gasteiger partial charge in [-0.3, -0.25) is 9.59 Å². The molecule has 326 valence electrons. The van der Waals surface area contributed by atoms with E-state index in [0.29, 0.717) is 12.8 Å². The van der Waals surface area contributed by atoms with Crippen molar-refractivity contribution in [2.24, 2.45) is 0 Å². The fourth-order valence-corrected chi connectivity index (χ4v) is 6.95. The minimum absolute atomic E-state index is 0.0807. The van der Waals surface area contributed by atoms with Gasteiger partial charge in [-0.2, -0.15) is 0 Å². The minimum atomic E-state index is -0.784. The van der Waals surface area contributed by atoms with E-state index in [-0.39, 0.29) is 25.2 Å². The van der Waals surface area contributed by atoms with Crippen molar-refractivity contribution >= 4 is 11.9 Å². The van der Waals surface area contributed by atoms with Crippen LogP contribution in [-0.2, 0) is 19.1 Å². The number of carbonyl (C=O) groups excluding carboxylic acids is 2. The number of ether oxygens (including phenoxy) is 2. The van der Waals surface area contributed by atoms with Crippen molar-refractivity contribution < 1.29 is 24.2 Å². The number of unbranched alkanes of at least 4 members (excludes halogenated alkanes) is 28. The Morgan fingerprint density at radius 2 is 0.714 bits per heavy atom. The molecule has 1 N–H and O–H groups in total. The molecule has 0 heterocycles. The molecule has 0 radical (unpaired) electrons. The summed E-state index contributed by atoms with van der Waals surface area (Å²) in [5.41, 5.74) is 0. The number of rotatable bonds is 44. The largest absolute Gasteiger partial charge is 0.462 e. The zero-order chi connectivity index (χ0) is 40.7. The van der Waals surface area contributed by atoms with Crippen LogP contribution >= 0.6 is 0 Å². The fourth-order valence-electron chi connectivity index (χ4n) is 6.95. The Labute approximate surface area is 348 Å². The molecule has 1 atom stereocenters. The van der Waals surface area contributed by atoms with E-state index in [9.17, 15) is 14.7 Å². The molecule has 0 unspecified atom stereocenters. The van der Waals surface area contributed by atoms with Gasteiger partial charge in [0.2, 0.25) is 0 Å². The molecule has 0 saturated carbocycles. The third-order valence-corrected chi connectivity index (χ3v) is 10.6. The molecule has 0 aliphatic carbocycles. The normalized spacial score (nSPS) is 12.6. The molecule has 5 nitrogen and oxygen atoms in total. The highest BCUT2D eigenvalue weighted by Gasteiger charge is 2.16. The van der Waals surface area contributed by atoms with E-state index in [1.807, 2.05) is 0 Å². The quantitative estimate of drug-likeness (QED) is 0.0378. The number of aliphatic hydroxyl groups excluding tert-OH is 1. The fraction of sp³-hybridized carbons (Fsp3) is 0.804. The second kappa shape index (κ2) is 47.2. The van der Waals surface area contributed by atoms with Gasteiger partial charge in [-0.15, -0.1) is 0 Å². The third-order valence-electron chi connectivity index (χ3n) is 10.6. The summed E-state index contributed by atoms with van der Waals surface area (Å²) in [5, 5.41) is 9.61. The molecule has 0 spiro atoms. The van der Waals surface area contributed by atoms with Crippen molar-refractivity contribution in [3.8, 4) is 0 Å². The first-order valence-corrected chi connectivity index (χ1v) is 24.2. The van der Waals surface area contributed by atoms with Crippen LogP contribution in [0.1, 0.15) is 245 Å². The van der Waals surface area contributed by atoms with Crippen molar-refractivity contribution in [2.45, 2.75) is 251 Å². The number of aliphatic hydroxyl groups is 1. The molecule has 0 aliphatic heterocycles. The van der Waals surface area contributed by atoms with Crippen LogP contribution in [-0.4, -0.2) is 36.4 Å². The lowest BCUT2D eigenvalue weighted by atomic mass is 10.0. The number of esters is 2.